The van der Waals surface area contributed by atoms with Crippen molar-refractivity contribution in [2.45, 2.75) is 97.8 Å². The van der Waals surface area contributed by atoms with Gasteiger partial charge in [-0.2, -0.15) is 4.58 Å². The third kappa shape index (κ3) is 5.51. The molecular formula is C42H48N2O5. The maximum absolute atomic E-state index is 13.8. The van der Waals surface area contributed by atoms with Crippen LogP contribution in [0.1, 0.15) is 98.1 Å². The number of fused-ring (bicyclic) bond motifs is 2. The van der Waals surface area contributed by atoms with Gasteiger partial charge in [0.15, 0.2) is 17.2 Å². The molecule has 7 heteroatoms. The summed E-state index contributed by atoms with van der Waals surface area (Å²) in [5.41, 5.74) is 5.52. The number of ether oxygens (including phenoxy) is 1. The molecule has 0 saturated heterocycles. The number of rotatable bonds is 13. The van der Waals surface area contributed by atoms with Gasteiger partial charge < -0.3 is 14.7 Å². The second-order valence-electron chi connectivity index (χ2n) is 14.6. The number of hydrogen-bond donors (Lipinski definition) is 0. The second-order valence-corrected chi connectivity index (χ2v) is 14.6. The van der Waals surface area contributed by atoms with Crippen LogP contribution in [0, 0.1) is 0 Å². The minimum Gasteiger partial charge on any atom is -0.871 e. The molecule has 0 atom stereocenters. The number of hydrogen-bond acceptors (Lipinski definition) is 6. The summed E-state index contributed by atoms with van der Waals surface area (Å²) in [6.07, 6.45) is 9.29. The highest BCUT2D eigenvalue weighted by atomic mass is 16.5. The number of Topliss-reactive ketones (excluding diaryl/α,β-unsaturated/α-hetero) is 1. The van der Waals surface area contributed by atoms with Gasteiger partial charge in [0.1, 0.15) is 6.54 Å². The van der Waals surface area contributed by atoms with E-state index in [1.807, 2.05) is 43.3 Å². The first-order chi connectivity index (χ1) is 23.4. The Balaban J connectivity index is 1.39. The van der Waals surface area contributed by atoms with Crippen molar-refractivity contribution in [2.24, 2.45) is 0 Å². The van der Waals surface area contributed by atoms with Crippen molar-refractivity contribution in [1.82, 2.24) is 0 Å². The van der Waals surface area contributed by atoms with Gasteiger partial charge in [-0.05, 0) is 56.0 Å². The molecule has 0 aromatic heterocycles. The van der Waals surface area contributed by atoms with Gasteiger partial charge in [-0.25, -0.2) is 0 Å². The largest absolute Gasteiger partial charge is 0.871 e. The fraction of sp³-hybridized carbons (Fsp3) is 0.429. The maximum atomic E-state index is 13.8. The smallest absolute Gasteiger partial charge is 0.268 e. The number of anilines is 1. The molecule has 0 saturated carbocycles. The lowest BCUT2D eigenvalue weighted by Crippen LogP contribution is -2.35. The Hall–Kier alpha value is -4.52. The van der Waals surface area contributed by atoms with Gasteiger partial charge in [0.25, 0.3) is 5.43 Å². The number of benzene rings is 2. The second kappa shape index (κ2) is 13.1. The topological polar surface area (TPSA) is 89.8 Å². The molecule has 0 radical (unpaired) electrons. The van der Waals surface area contributed by atoms with Crippen LogP contribution < -0.4 is 25.6 Å². The molecule has 1 aliphatic carbocycles. The van der Waals surface area contributed by atoms with Gasteiger partial charge in [-0.15, -0.1) is 0 Å². The van der Waals surface area contributed by atoms with Crippen LogP contribution in [-0.4, -0.2) is 35.8 Å². The summed E-state index contributed by atoms with van der Waals surface area (Å²) in [6, 6.07) is 14.2. The van der Waals surface area contributed by atoms with E-state index < -0.39 is 16.3 Å². The van der Waals surface area contributed by atoms with Crippen molar-refractivity contribution in [3.63, 3.8) is 0 Å². The lowest BCUT2D eigenvalue weighted by molar-refractivity contribution is -0.438. The van der Waals surface area contributed by atoms with Gasteiger partial charge in [0.2, 0.25) is 11.1 Å². The van der Waals surface area contributed by atoms with Crippen molar-refractivity contribution in [3.05, 3.63) is 109 Å². The van der Waals surface area contributed by atoms with E-state index >= 15 is 0 Å². The Morgan fingerprint density at radius 2 is 1.55 bits per heavy atom. The van der Waals surface area contributed by atoms with Crippen LogP contribution in [0.5, 0.6) is 5.75 Å². The fourth-order valence-corrected chi connectivity index (χ4v) is 7.57. The van der Waals surface area contributed by atoms with Crippen LogP contribution in [0.4, 0.5) is 11.4 Å². The molecule has 0 amide bonds. The minimum atomic E-state index is -0.576. The summed E-state index contributed by atoms with van der Waals surface area (Å²) < 4.78 is 8.02. The molecule has 7 nitrogen and oxygen atoms in total. The quantitative estimate of drug-likeness (QED) is 0.0857. The van der Waals surface area contributed by atoms with Gasteiger partial charge in [0, 0.05) is 58.6 Å². The molecule has 3 aromatic carbocycles. The zero-order valence-electron chi connectivity index (χ0n) is 30.0. The summed E-state index contributed by atoms with van der Waals surface area (Å²) in [4.78, 5) is 41.2. The molecule has 2 aliphatic heterocycles. The molecule has 3 aromatic rings. The van der Waals surface area contributed by atoms with Crippen LogP contribution in [0.15, 0.2) is 86.8 Å². The molecule has 0 bridgehead atoms. The maximum Gasteiger partial charge on any atom is 0.268 e. The molecule has 0 spiro atoms. The van der Waals surface area contributed by atoms with E-state index in [0.29, 0.717) is 17.7 Å². The highest BCUT2D eigenvalue weighted by Gasteiger charge is 2.46. The third-order valence-corrected chi connectivity index (χ3v) is 10.6. The Morgan fingerprint density at radius 1 is 0.837 bits per heavy atom. The van der Waals surface area contributed by atoms with E-state index in [2.05, 4.69) is 63.2 Å². The predicted octanol–water partition coefficient (Wildman–Crippen LogP) is 6.91. The van der Waals surface area contributed by atoms with E-state index in [9.17, 15) is 19.5 Å². The average Bonchev–Trinajstić information content (AvgIpc) is 3.44. The summed E-state index contributed by atoms with van der Waals surface area (Å²) in [6.45, 7) is 16.8. The zero-order chi connectivity index (χ0) is 35.2. The van der Waals surface area contributed by atoms with E-state index in [1.54, 1.807) is 6.08 Å². The Bertz CT molecular complexity index is 2030. The number of para-hydroxylation sites is 1. The highest BCUT2D eigenvalue weighted by molar-refractivity contribution is 6.24. The predicted molar refractivity (Wildman–Crippen MR) is 195 cm³/mol. The van der Waals surface area contributed by atoms with Crippen molar-refractivity contribution < 1.29 is 19.2 Å². The first-order valence-electron chi connectivity index (χ1n) is 17.9. The molecule has 3 aliphatic rings. The van der Waals surface area contributed by atoms with Gasteiger partial charge in [-0.3, -0.25) is 14.4 Å². The Labute approximate surface area is 289 Å². The molecule has 256 valence electrons. The minimum absolute atomic E-state index is 0.146. The number of unbranched alkanes of at least 4 members (excludes halogenated alkanes) is 3. The zero-order valence-corrected chi connectivity index (χ0v) is 30.0. The van der Waals surface area contributed by atoms with Crippen LogP contribution in [-0.2, 0) is 15.6 Å². The molecule has 0 unspecified atom stereocenters. The van der Waals surface area contributed by atoms with Gasteiger partial charge in [0.05, 0.1) is 17.6 Å². The van der Waals surface area contributed by atoms with Gasteiger partial charge >= 0.3 is 0 Å². The molecular weight excluding hydrogens is 612 g/mol. The molecule has 0 fully saturated rings. The SMILES string of the molecule is CCCCOc1c(-c2ccc3c(c2)C(C)(C)/C(=C/C2=C([O-])C(=C/C4=[N+](CCCC)c5ccccc5C4(C)C)/C2=O)N3CCCC)c(=O)c1=O. The molecule has 49 heavy (non-hydrogen) atoms. The van der Waals surface area contributed by atoms with Crippen LogP contribution in [0.3, 0.4) is 0 Å². The monoisotopic (exact) mass is 660 g/mol. The number of allylic oxidation sites excluding steroid dienone is 5. The summed E-state index contributed by atoms with van der Waals surface area (Å²) >= 11 is 0. The number of carbonyl (C=O) groups excluding carboxylic acids is 1. The first kappa shape index (κ1) is 34.3. The fourth-order valence-electron chi connectivity index (χ4n) is 7.57. The lowest BCUT2D eigenvalue weighted by Gasteiger charge is -2.33. The van der Waals surface area contributed by atoms with Gasteiger partial charge in [-0.1, -0.05) is 83.9 Å². The van der Waals surface area contributed by atoms with E-state index in [1.165, 1.54) is 5.56 Å². The summed E-state index contributed by atoms with van der Waals surface area (Å²) in [5, 5.41) is 13.8. The normalized spacial score (nSPS) is 19.3. The third-order valence-electron chi connectivity index (χ3n) is 10.6. The van der Waals surface area contributed by atoms with Crippen molar-refractivity contribution in [3.8, 4) is 16.9 Å². The average molecular weight is 661 g/mol. The van der Waals surface area contributed by atoms with Crippen molar-refractivity contribution in [2.75, 3.05) is 24.6 Å². The molecule has 6 rings (SSSR count). The van der Waals surface area contributed by atoms with Crippen LogP contribution >= 0.6 is 0 Å². The van der Waals surface area contributed by atoms with Crippen LogP contribution in [0.2, 0.25) is 0 Å². The number of nitrogens with zero attached hydrogens (tertiary/aromatic N) is 2. The summed E-state index contributed by atoms with van der Waals surface area (Å²) in [7, 11) is 0. The molecule has 2 heterocycles. The standard InChI is InChI=1S/C42H48N2O5/c1-8-11-20-43-31-17-15-14-16-29(31)41(4,5)33(43)24-27-36(45)28(37(27)46)25-34-42(6,7)30-23-26(18-19-32(30)44(34)21-12-9-2)35-38(47)39(48)40(35)49-22-13-10-3/h14-19,23-25H,8-13,20-22H2,1-7H3. The van der Waals surface area contributed by atoms with Crippen molar-refractivity contribution >= 4 is 22.9 Å². The lowest BCUT2D eigenvalue weighted by atomic mass is 9.77. The van der Waals surface area contributed by atoms with Crippen molar-refractivity contribution in [1.29, 1.82) is 0 Å². The van der Waals surface area contributed by atoms with Crippen LogP contribution in [0.25, 0.3) is 11.1 Å². The highest BCUT2D eigenvalue weighted by Crippen LogP contribution is 2.50. The molecule has 0 N–H and O–H groups in total. The Kier molecular flexibility index (Phi) is 9.16. The van der Waals surface area contributed by atoms with E-state index in [4.69, 9.17) is 4.74 Å². The number of ketones is 1. The van der Waals surface area contributed by atoms with E-state index in [0.717, 1.165) is 80.0 Å². The van der Waals surface area contributed by atoms with E-state index in [-0.39, 0.29) is 33.9 Å². The Morgan fingerprint density at radius 3 is 2.24 bits per heavy atom. The first-order valence-corrected chi connectivity index (χ1v) is 17.9. The summed E-state index contributed by atoms with van der Waals surface area (Å²) in [5.74, 6) is -0.312. The number of carbonyl (C=O) groups is 1.